The van der Waals surface area contributed by atoms with E-state index in [1.807, 2.05) is 0 Å². The number of rotatable bonds is 3. The summed E-state index contributed by atoms with van der Waals surface area (Å²) in [6.45, 7) is 8.69. The lowest BCUT2D eigenvalue weighted by atomic mass is 9.98. The van der Waals surface area contributed by atoms with Gasteiger partial charge in [-0.1, -0.05) is 54.6 Å². The van der Waals surface area contributed by atoms with E-state index in [0.29, 0.717) is 0 Å². The Balaban J connectivity index is 1.82. The minimum Gasteiger partial charge on any atom is -0.315 e. The van der Waals surface area contributed by atoms with E-state index in [1.165, 1.54) is 27.9 Å². The van der Waals surface area contributed by atoms with Crippen molar-refractivity contribution in [1.82, 2.24) is 9.97 Å². The number of hydrogen-bond donors (Lipinski definition) is 0. The van der Waals surface area contributed by atoms with Gasteiger partial charge >= 0.3 is 0 Å². The van der Waals surface area contributed by atoms with Crippen LogP contribution in [0, 0.1) is 20.8 Å². The molecule has 0 bridgehead atoms. The van der Waals surface area contributed by atoms with Gasteiger partial charge in [-0.2, -0.15) is 0 Å². The molecule has 0 spiro atoms. The number of nitrogens with zero attached hydrogens (tertiary/aromatic N) is 4. The molecule has 0 amide bonds. The van der Waals surface area contributed by atoms with Crippen LogP contribution in [0.3, 0.4) is 0 Å². The Hall–Kier alpha value is -3.66. The average molecular weight is 407 g/mol. The van der Waals surface area contributed by atoms with E-state index in [2.05, 4.69) is 110 Å². The first kappa shape index (κ1) is 19.3. The first-order valence-electron chi connectivity index (χ1n) is 10.7. The van der Waals surface area contributed by atoms with Crippen molar-refractivity contribution in [2.75, 3.05) is 9.80 Å². The number of hydrogen-bond acceptors (Lipinski definition) is 4. The molecule has 1 aliphatic rings. The standard InChI is InChI=1S/C27H26N4/c1-18-11-8-9-16-23(18)31-21(4)30(22-14-6-5-7-15-22)26-25(28-17-29-27(26)31)24-19(2)12-10-13-20(24)3/h5-17,21H,1-4H3. The quantitative estimate of drug-likeness (QED) is 0.379. The Kier molecular flexibility index (Phi) is 4.70. The smallest absolute Gasteiger partial charge is 0.162 e. The minimum absolute atomic E-state index is 0.0540. The summed E-state index contributed by atoms with van der Waals surface area (Å²) in [5.74, 6) is 0.943. The maximum absolute atomic E-state index is 4.82. The first-order chi connectivity index (χ1) is 15.1. The van der Waals surface area contributed by atoms with Gasteiger partial charge in [0, 0.05) is 16.9 Å². The van der Waals surface area contributed by atoms with Crippen LogP contribution in [0.2, 0.25) is 0 Å². The number of para-hydroxylation sites is 2. The maximum atomic E-state index is 4.82. The molecule has 154 valence electrons. The number of anilines is 4. The molecule has 1 atom stereocenters. The summed E-state index contributed by atoms with van der Waals surface area (Å²) in [5.41, 5.74) is 9.18. The van der Waals surface area contributed by atoms with Gasteiger partial charge in [-0.25, -0.2) is 9.97 Å². The molecule has 1 unspecified atom stereocenters. The molecule has 0 radical (unpaired) electrons. The Labute approximate surface area is 183 Å². The molecule has 4 heteroatoms. The van der Waals surface area contributed by atoms with Crippen LogP contribution in [-0.4, -0.2) is 16.1 Å². The van der Waals surface area contributed by atoms with Gasteiger partial charge in [-0.3, -0.25) is 0 Å². The zero-order valence-corrected chi connectivity index (χ0v) is 18.4. The summed E-state index contributed by atoms with van der Waals surface area (Å²) >= 11 is 0. The second-order valence-electron chi connectivity index (χ2n) is 8.16. The van der Waals surface area contributed by atoms with Crippen molar-refractivity contribution in [3.05, 3.63) is 95.8 Å². The summed E-state index contributed by atoms with van der Waals surface area (Å²) in [7, 11) is 0. The van der Waals surface area contributed by atoms with Crippen LogP contribution in [0.1, 0.15) is 23.6 Å². The van der Waals surface area contributed by atoms with Gasteiger partial charge in [0.15, 0.2) is 5.82 Å². The fourth-order valence-corrected chi connectivity index (χ4v) is 4.70. The molecule has 3 aromatic carbocycles. The fraction of sp³-hybridized carbons (Fsp3) is 0.185. The SMILES string of the molecule is Cc1ccccc1N1c2ncnc(-c3c(C)cccc3C)c2N(c2ccccc2)C1C. The number of fused-ring (bicyclic) bond motifs is 1. The molecule has 5 rings (SSSR count). The molecule has 4 nitrogen and oxygen atoms in total. The molecular formula is C27H26N4. The zero-order valence-electron chi connectivity index (χ0n) is 18.4. The van der Waals surface area contributed by atoms with Crippen molar-refractivity contribution >= 4 is 22.9 Å². The van der Waals surface area contributed by atoms with E-state index in [0.717, 1.165) is 22.9 Å². The van der Waals surface area contributed by atoms with Crippen LogP contribution in [0.25, 0.3) is 11.3 Å². The zero-order chi connectivity index (χ0) is 21.5. The highest BCUT2D eigenvalue weighted by Crippen LogP contribution is 2.51. The molecule has 0 saturated carbocycles. The van der Waals surface area contributed by atoms with Crippen molar-refractivity contribution in [2.45, 2.75) is 33.9 Å². The van der Waals surface area contributed by atoms with Gasteiger partial charge in [0.2, 0.25) is 0 Å². The second kappa shape index (κ2) is 7.55. The molecule has 1 aliphatic heterocycles. The Morgan fingerprint density at radius 1 is 0.677 bits per heavy atom. The van der Waals surface area contributed by atoms with E-state index in [9.17, 15) is 0 Å². The molecule has 0 N–H and O–H groups in total. The Bertz CT molecular complexity index is 1230. The molecule has 4 aromatic rings. The van der Waals surface area contributed by atoms with Crippen LogP contribution in [0.4, 0.5) is 22.9 Å². The van der Waals surface area contributed by atoms with Crippen LogP contribution >= 0.6 is 0 Å². The molecular weight excluding hydrogens is 380 g/mol. The Morgan fingerprint density at radius 2 is 1.32 bits per heavy atom. The number of aryl methyl sites for hydroxylation is 3. The maximum Gasteiger partial charge on any atom is 0.162 e. The van der Waals surface area contributed by atoms with Gasteiger partial charge in [0.25, 0.3) is 0 Å². The van der Waals surface area contributed by atoms with E-state index in [-0.39, 0.29) is 6.17 Å². The highest BCUT2D eigenvalue weighted by molar-refractivity contribution is 5.95. The third kappa shape index (κ3) is 3.07. The second-order valence-corrected chi connectivity index (χ2v) is 8.16. The average Bonchev–Trinajstić information content (AvgIpc) is 3.07. The van der Waals surface area contributed by atoms with Gasteiger partial charge in [-0.15, -0.1) is 0 Å². The third-order valence-corrected chi connectivity index (χ3v) is 6.15. The lowest BCUT2D eigenvalue weighted by Crippen LogP contribution is -2.35. The molecule has 0 aliphatic carbocycles. The van der Waals surface area contributed by atoms with Crippen LogP contribution in [0.5, 0.6) is 0 Å². The minimum atomic E-state index is 0.0540. The fourth-order valence-electron chi connectivity index (χ4n) is 4.70. The third-order valence-electron chi connectivity index (χ3n) is 6.15. The van der Waals surface area contributed by atoms with Crippen molar-refractivity contribution in [3.8, 4) is 11.3 Å². The highest BCUT2D eigenvalue weighted by Gasteiger charge is 2.39. The van der Waals surface area contributed by atoms with E-state index in [1.54, 1.807) is 6.33 Å². The van der Waals surface area contributed by atoms with Crippen LogP contribution in [-0.2, 0) is 0 Å². The van der Waals surface area contributed by atoms with E-state index >= 15 is 0 Å². The highest BCUT2D eigenvalue weighted by atomic mass is 15.4. The van der Waals surface area contributed by atoms with E-state index < -0.39 is 0 Å². The summed E-state index contributed by atoms with van der Waals surface area (Å²) < 4.78 is 0. The largest absolute Gasteiger partial charge is 0.315 e. The summed E-state index contributed by atoms with van der Waals surface area (Å²) in [5, 5.41) is 0. The normalized spacial score (nSPS) is 15.3. The molecule has 1 aromatic heterocycles. The van der Waals surface area contributed by atoms with Crippen molar-refractivity contribution in [3.63, 3.8) is 0 Å². The summed E-state index contributed by atoms with van der Waals surface area (Å²) in [6.07, 6.45) is 1.75. The lowest BCUT2D eigenvalue weighted by Gasteiger charge is -2.30. The topological polar surface area (TPSA) is 32.3 Å². The number of benzene rings is 3. The molecule has 0 fully saturated rings. The predicted molar refractivity (Wildman–Crippen MR) is 128 cm³/mol. The monoisotopic (exact) mass is 406 g/mol. The molecule has 0 saturated heterocycles. The van der Waals surface area contributed by atoms with E-state index in [4.69, 9.17) is 9.97 Å². The Morgan fingerprint density at radius 3 is 2.03 bits per heavy atom. The lowest BCUT2D eigenvalue weighted by molar-refractivity contribution is 0.755. The molecule has 2 heterocycles. The van der Waals surface area contributed by atoms with Crippen LogP contribution in [0.15, 0.2) is 79.1 Å². The molecule has 31 heavy (non-hydrogen) atoms. The number of aromatic nitrogens is 2. The van der Waals surface area contributed by atoms with Crippen molar-refractivity contribution < 1.29 is 0 Å². The van der Waals surface area contributed by atoms with Gasteiger partial charge in [0.1, 0.15) is 23.9 Å². The van der Waals surface area contributed by atoms with Crippen molar-refractivity contribution in [1.29, 1.82) is 0 Å². The summed E-state index contributed by atoms with van der Waals surface area (Å²) in [4.78, 5) is 14.3. The van der Waals surface area contributed by atoms with Gasteiger partial charge in [0.05, 0.1) is 0 Å². The van der Waals surface area contributed by atoms with Gasteiger partial charge < -0.3 is 9.80 Å². The summed E-state index contributed by atoms with van der Waals surface area (Å²) in [6, 6.07) is 25.4. The predicted octanol–water partition coefficient (Wildman–Crippen LogP) is 6.70. The van der Waals surface area contributed by atoms with Crippen LogP contribution < -0.4 is 9.80 Å². The first-order valence-corrected chi connectivity index (χ1v) is 10.7. The van der Waals surface area contributed by atoms with Crippen molar-refractivity contribution in [2.24, 2.45) is 0 Å². The van der Waals surface area contributed by atoms with Gasteiger partial charge in [-0.05, 0) is 62.6 Å².